The first-order chi connectivity index (χ1) is 14.3. The molecular formula is C19H18BrF2N5O2S. The normalized spacial score (nSPS) is 11.0. The van der Waals surface area contributed by atoms with Crippen molar-refractivity contribution >= 4 is 33.6 Å². The number of amides is 1. The molecule has 0 saturated carbocycles. The third kappa shape index (κ3) is 5.48. The van der Waals surface area contributed by atoms with E-state index in [1.165, 1.54) is 16.8 Å². The number of halogens is 3. The average Bonchev–Trinajstić information content (AvgIpc) is 3.08. The first-order valence-corrected chi connectivity index (χ1v) is 10.5. The van der Waals surface area contributed by atoms with Crippen LogP contribution in [0.4, 0.5) is 8.78 Å². The lowest BCUT2D eigenvalue weighted by atomic mass is 10.2. The third-order valence-electron chi connectivity index (χ3n) is 4.12. The Morgan fingerprint density at radius 2 is 1.93 bits per heavy atom. The van der Waals surface area contributed by atoms with Crippen molar-refractivity contribution in [2.75, 3.05) is 18.6 Å². The van der Waals surface area contributed by atoms with Gasteiger partial charge in [0.05, 0.1) is 5.75 Å². The molecule has 7 nitrogen and oxygen atoms in total. The van der Waals surface area contributed by atoms with Crippen molar-refractivity contribution in [3.63, 3.8) is 0 Å². The molecule has 0 bridgehead atoms. The van der Waals surface area contributed by atoms with Crippen LogP contribution < -0.4 is 10.6 Å². The number of nitrogens with zero attached hydrogens (tertiary/aromatic N) is 4. The van der Waals surface area contributed by atoms with Crippen LogP contribution in [0.3, 0.4) is 0 Å². The molecule has 3 rings (SSSR count). The molecule has 0 aliphatic rings. The maximum atomic E-state index is 12.5. The first-order valence-electron chi connectivity index (χ1n) is 8.71. The molecule has 2 N–H and O–H groups in total. The van der Waals surface area contributed by atoms with Crippen LogP contribution in [0, 0.1) is 0 Å². The van der Waals surface area contributed by atoms with Gasteiger partial charge in [0.15, 0.2) is 5.82 Å². The van der Waals surface area contributed by atoms with Crippen LogP contribution in [0.2, 0.25) is 0 Å². The second-order valence-electron chi connectivity index (χ2n) is 6.21. The predicted octanol–water partition coefficient (Wildman–Crippen LogP) is 3.77. The quantitative estimate of drug-likeness (QED) is 0.376. The van der Waals surface area contributed by atoms with Gasteiger partial charge in [-0.15, -0.1) is 10.2 Å². The van der Waals surface area contributed by atoms with Crippen LogP contribution in [0.25, 0.3) is 11.4 Å². The van der Waals surface area contributed by atoms with E-state index >= 15 is 0 Å². The maximum absolute atomic E-state index is 12.5. The number of carbonyl (C=O) groups is 1. The number of carbonyl (C=O) groups excluding carboxylic acids is 1. The number of nitrogen functional groups attached to an aromatic ring is 1. The van der Waals surface area contributed by atoms with Crippen molar-refractivity contribution in [3.05, 3.63) is 58.6 Å². The van der Waals surface area contributed by atoms with Gasteiger partial charge in [0.25, 0.3) is 0 Å². The zero-order chi connectivity index (χ0) is 21.7. The van der Waals surface area contributed by atoms with Gasteiger partial charge in [-0.25, -0.2) is 4.68 Å². The highest BCUT2D eigenvalue weighted by atomic mass is 79.9. The third-order valence-corrected chi connectivity index (χ3v) is 5.82. The fourth-order valence-electron chi connectivity index (χ4n) is 2.56. The Hall–Kier alpha value is -2.66. The second kappa shape index (κ2) is 9.90. The van der Waals surface area contributed by atoms with E-state index in [2.05, 4.69) is 30.9 Å². The lowest BCUT2D eigenvalue weighted by Gasteiger charge is -2.17. The summed E-state index contributed by atoms with van der Waals surface area (Å²) in [6, 6.07) is 13.6. The lowest BCUT2D eigenvalue weighted by Crippen LogP contribution is -2.28. The Labute approximate surface area is 184 Å². The number of benzene rings is 2. The van der Waals surface area contributed by atoms with Crippen molar-refractivity contribution in [3.8, 4) is 17.1 Å². The minimum absolute atomic E-state index is 0.0325. The van der Waals surface area contributed by atoms with E-state index < -0.39 is 6.61 Å². The molecule has 0 saturated heterocycles. The molecule has 3 aromatic rings. The molecular weight excluding hydrogens is 480 g/mol. The number of ether oxygens (including phenoxy) is 1. The van der Waals surface area contributed by atoms with Crippen LogP contribution >= 0.6 is 27.7 Å². The van der Waals surface area contributed by atoms with E-state index in [1.54, 1.807) is 24.1 Å². The summed E-state index contributed by atoms with van der Waals surface area (Å²) in [6.45, 7) is -2.43. The minimum Gasteiger partial charge on any atom is -0.435 e. The van der Waals surface area contributed by atoms with E-state index in [9.17, 15) is 13.6 Å². The summed E-state index contributed by atoms with van der Waals surface area (Å²) in [7, 11) is 1.73. The monoisotopic (exact) mass is 497 g/mol. The number of alkyl halides is 2. The molecule has 1 heterocycles. The molecule has 2 aromatic carbocycles. The summed E-state index contributed by atoms with van der Waals surface area (Å²) < 4.78 is 31.0. The largest absolute Gasteiger partial charge is 0.435 e. The fourth-order valence-corrected chi connectivity index (χ4v) is 3.77. The molecule has 158 valence electrons. The summed E-state index contributed by atoms with van der Waals surface area (Å²) in [4.78, 5) is 14.1. The molecule has 0 atom stereocenters. The highest BCUT2D eigenvalue weighted by Gasteiger charge is 2.16. The van der Waals surface area contributed by atoms with Crippen molar-refractivity contribution in [2.24, 2.45) is 0 Å². The summed E-state index contributed by atoms with van der Waals surface area (Å²) in [5.41, 5.74) is 1.58. The summed E-state index contributed by atoms with van der Waals surface area (Å²) in [6.07, 6.45) is 0. The number of hydrogen-bond donors (Lipinski definition) is 1. The molecule has 0 fully saturated rings. The summed E-state index contributed by atoms with van der Waals surface area (Å²) in [5, 5.41) is 8.40. The molecule has 0 radical (unpaired) electrons. The van der Waals surface area contributed by atoms with Gasteiger partial charge in [-0.1, -0.05) is 45.9 Å². The van der Waals surface area contributed by atoms with Crippen LogP contribution in [-0.4, -0.2) is 45.1 Å². The molecule has 0 aliphatic heterocycles. The lowest BCUT2D eigenvalue weighted by molar-refractivity contribution is -0.127. The number of rotatable bonds is 8. The zero-order valence-corrected chi connectivity index (χ0v) is 18.2. The van der Waals surface area contributed by atoms with E-state index in [4.69, 9.17) is 5.84 Å². The smallest absolute Gasteiger partial charge is 0.387 e. The first kappa shape index (κ1) is 22.0. The van der Waals surface area contributed by atoms with Crippen LogP contribution in [0.5, 0.6) is 5.75 Å². The number of hydrogen-bond acceptors (Lipinski definition) is 6. The molecule has 11 heteroatoms. The SMILES string of the molecule is CN(Cc1ccccc1Br)C(=O)CSc1nnc(-c2ccc(OC(F)F)cc2)n1N. The van der Waals surface area contributed by atoms with E-state index in [0.29, 0.717) is 23.1 Å². The van der Waals surface area contributed by atoms with Gasteiger partial charge >= 0.3 is 6.61 Å². The van der Waals surface area contributed by atoms with Crippen molar-refractivity contribution in [1.29, 1.82) is 0 Å². The second-order valence-corrected chi connectivity index (χ2v) is 8.01. The molecule has 0 unspecified atom stereocenters. The van der Waals surface area contributed by atoms with Crippen LogP contribution in [0.15, 0.2) is 58.2 Å². The molecule has 0 spiro atoms. The highest BCUT2D eigenvalue weighted by Crippen LogP contribution is 2.25. The van der Waals surface area contributed by atoms with Crippen LogP contribution in [0.1, 0.15) is 5.56 Å². The summed E-state index contributed by atoms with van der Waals surface area (Å²) >= 11 is 4.64. The highest BCUT2D eigenvalue weighted by molar-refractivity contribution is 9.10. The van der Waals surface area contributed by atoms with Gasteiger partial charge in [0.1, 0.15) is 5.75 Å². The summed E-state index contributed by atoms with van der Waals surface area (Å²) in [5.74, 6) is 6.47. The van der Waals surface area contributed by atoms with E-state index in [0.717, 1.165) is 21.8 Å². The number of thioether (sulfide) groups is 1. The van der Waals surface area contributed by atoms with Gasteiger partial charge in [-0.3, -0.25) is 4.79 Å². The maximum Gasteiger partial charge on any atom is 0.387 e. The fraction of sp³-hybridized carbons (Fsp3) is 0.211. The Kier molecular flexibility index (Phi) is 7.27. The molecule has 1 aromatic heterocycles. The van der Waals surface area contributed by atoms with Crippen molar-refractivity contribution in [2.45, 2.75) is 18.3 Å². The van der Waals surface area contributed by atoms with Gasteiger partial charge in [0, 0.05) is 23.6 Å². The van der Waals surface area contributed by atoms with Crippen molar-refractivity contribution in [1.82, 2.24) is 19.8 Å². The molecule has 0 aliphatic carbocycles. The Bertz CT molecular complexity index is 1020. The zero-order valence-electron chi connectivity index (χ0n) is 15.8. The van der Waals surface area contributed by atoms with Crippen LogP contribution in [-0.2, 0) is 11.3 Å². The Morgan fingerprint density at radius 1 is 1.23 bits per heavy atom. The predicted molar refractivity (Wildman–Crippen MR) is 114 cm³/mol. The molecule has 30 heavy (non-hydrogen) atoms. The van der Waals surface area contributed by atoms with Gasteiger partial charge in [-0.05, 0) is 35.9 Å². The van der Waals surface area contributed by atoms with Gasteiger partial charge < -0.3 is 15.5 Å². The average molecular weight is 498 g/mol. The molecule has 1 amide bonds. The van der Waals surface area contributed by atoms with Crippen molar-refractivity contribution < 1.29 is 18.3 Å². The van der Waals surface area contributed by atoms with E-state index in [-0.39, 0.29) is 17.4 Å². The van der Waals surface area contributed by atoms with Gasteiger partial charge in [0.2, 0.25) is 11.1 Å². The topological polar surface area (TPSA) is 86.3 Å². The Balaban J connectivity index is 1.61. The standard InChI is InChI=1S/C19H18BrF2N5O2S/c1-26(10-13-4-2-3-5-15(13)20)16(28)11-30-19-25-24-17(27(19)23)12-6-8-14(9-7-12)29-18(21)22/h2-9,18H,10-11,23H2,1H3. The minimum atomic E-state index is -2.89. The van der Waals surface area contributed by atoms with Gasteiger partial charge in [-0.2, -0.15) is 8.78 Å². The number of aromatic nitrogens is 3. The number of nitrogens with two attached hydrogens (primary N) is 1. The van der Waals surface area contributed by atoms with E-state index in [1.807, 2.05) is 24.3 Å². The Morgan fingerprint density at radius 3 is 2.60 bits per heavy atom.